The van der Waals surface area contributed by atoms with Crippen molar-refractivity contribution in [3.8, 4) is 0 Å². The molecule has 0 spiro atoms. The van der Waals surface area contributed by atoms with Crippen molar-refractivity contribution < 1.29 is 23.1 Å². The maximum Gasteiger partial charge on any atom is 0.326 e. The number of fused-ring (bicyclic) bond motifs is 1. The van der Waals surface area contributed by atoms with Gasteiger partial charge in [-0.2, -0.15) is 0 Å². The molecule has 3 N–H and O–H groups in total. The number of urea groups is 1. The van der Waals surface area contributed by atoms with Crippen LogP contribution in [0, 0.1) is 11.8 Å². The van der Waals surface area contributed by atoms with E-state index in [0.717, 1.165) is 25.5 Å². The van der Waals surface area contributed by atoms with E-state index in [2.05, 4.69) is 10.0 Å². The number of hydrogen-bond donors (Lipinski definition) is 3. The number of nitrogens with zero attached hydrogens (tertiary/aromatic N) is 1. The molecule has 9 heteroatoms. The number of amides is 2. The fourth-order valence-corrected chi connectivity index (χ4v) is 3.81. The summed E-state index contributed by atoms with van der Waals surface area (Å²) in [6.45, 7) is 0.681. The van der Waals surface area contributed by atoms with Crippen LogP contribution in [-0.2, 0) is 14.8 Å². The number of carboxylic acids is 1. The van der Waals surface area contributed by atoms with Crippen LogP contribution in [0.25, 0.3) is 0 Å². The lowest BCUT2D eigenvalue weighted by Gasteiger charge is -2.24. The van der Waals surface area contributed by atoms with Crippen LogP contribution in [0.4, 0.5) is 4.79 Å². The van der Waals surface area contributed by atoms with Crippen LogP contribution in [-0.4, -0.2) is 62.4 Å². The molecular formula is C12H21N3O5S. The van der Waals surface area contributed by atoms with E-state index < -0.39 is 28.1 Å². The van der Waals surface area contributed by atoms with Gasteiger partial charge < -0.3 is 15.3 Å². The van der Waals surface area contributed by atoms with Crippen LogP contribution in [0.2, 0.25) is 0 Å². The van der Waals surface area contributed by atoms with E-state index in [4.69, 9.17) is 0 Å². The summed E-state index contributed by atoms with van der Waals surface area (Å²) in [7, 11) is -3.29. The molecule has 0 aromatic heterocycles. The number of sulfonamides is 1. The summed E-state index contributed by atoms with van der Waals surface area (Å²) >= 11 is 0. The molecule has 2 fully saturated rings. The molecule has 0 aromatic carbocycles. The Morgan fingerprint density at radius 2 is 2.00 bits per heavy atom. The maximum absolute atomic E-state index is 12.1. The molecule has 21 heavy (non-hydrogen) atoms. The molecule has 0 aromatic rings. The first-order valence-corrected chi connectivity index (χ1v) is 8.90. The first-order chi connectivity index (χ1) is 9.79. The minimum Gasteiger partial charge on any atom is -0.480 e. The van der Waals surface area contributed by atoms with Gasteiger partial charge in [-0.05, 0) is 24.7 Å². The van der Waals surface area contributed by atoms with Crippen LogP contribution in [0.3, 0.4) is 0 Å². The van der Waals surface area contributed by atoms with E-state index >= 15 is 0 Å². The normalized spacial score (nSPS) is 28.4. The number of carbonyl (C=O) groups excluding carboxylic acids is 1. The number of carboxylic acid groups (broad SMARTS) is 1. The minimum atomic E-state index is -3.29. The molecule has 2 rings (SSSR count). The van der Waals surface area contributed by atoms with E-state index in [0.29, 0.717) is 6.54 Å². The van der Waals surface area contributed by atoms with Gasteiger partial charge in [0, 0.05) is 19.6 Å². The van der Waals surface area contributed by atoms with Crippen LogP contribution < -0.4 is 10.0 Å². The van der Waals surface area contributed by atoms with Gasteiger partial charge >= 0.3 is 12.0 Å². The van der Waals surface area contributed by atoms with E-state index in [-0.39, 0.29) is 24.9 Å². The van der Waals surface area contributed by atoms with Crippen molar-refractivity contribution in [1.82, 2.24) is 14.9 Å². The highest BCUT2D eigenvalue weighted by atomic mass is 32.2. The highest BCUT2D eigenvalue weighted by molar-refractivity contribution is 7.88. The molecule has 1 saturated heterocycles. The van der Waals surface area contributed by atoms with Crippen molar-refractivity contribution in [2.75, 3.05) is 25.9 Å². The van der Waals surface area contributed by atoms with Gasteiger partial charge in [-0.25, -0.2) is 22.7 Å². The van der Waals surface area contributed by atoms with Crippen molar-refractivity contribution in [3.05, 3.63) is 0 Å². The van der Waals surface area contributed by atoms with Gasteiger partial charge in [0.2, 0.25) is 10.0 Å². The lowest BCUT2D eigenvalue weighted by atomic mass is 9.94. The average Bonchev–Trinajstić information content (AvgIpc) is 2.91. The van der Waals surface area contributed by atoms with E-state index in [1.165, 1.54) is 4.90 Å². The van der Waals surface area contributed by atoms with Gasteiger partial charge in [0.05, 0.1) is 6.26 Å². The summed E-state index contributed by atoms with van der Waals surface area (Å²) in [4.78, 5) is 24.9. The molecule has 2 amide bonds. The van der Waals surface area contributed by atoms with Crippen LogP contribution in [0.5, 0.6) is 0 Å². The zero-order valence-electron chi connectivity index (χ0n) is 11.9. The second kappa shape index (κ2) is 6.18. The Labute approximate surface area is 123 Å². The van der Waals surface area contributed by atoms with Gasteiger partial charge in [-0.15, -0.1) is 0 Å². The summed E-state index contributed by atoms with van der Waals surface area (Å²) in [6, 6.07) is -1.20. The summed E-state index contributed by atoms with van der Waals surface area (Å²) in [6.07, 6.45) is 3.87. The maximum atomic E-state index is 12.1. The smallest absolute Gasteiger partial charge is 0.326 e. The Kier molecular flexibility index (Phi) is 4.72. The Bertz CT molecular complexity index is 521. The molecule has 1 aliphatic heterocycles. The lowest BCUT2D eigenvalue weighted by Crippen LogP contribution is -2.49. The first kappa shape index (κ1) is 16.0. The number of nitrogens with one attached hydrogen (secondary N) is 2. The third-order valence-electron chi connectivity index (χ3n) is 4.17. The van der Waals surface area contributed by atoms with Crippen LogP contribution in [0.15, 0.2) is 0 Å². The predicted octanol–water partition coefficient (Wildman–Crippen LogP) is -0.570. The molecule has 0 bridgehead atoms. The van der Waals surface area contributed by atoms with E-state index in [9.17, 15) is 23.1 Å². The summed E-state index contributed by atoms with van der Waals surface area (Å²) in [5, 5.41) is 11.9. The van der Waals surface area contributed by atoms with Crippen molar-refractivity contribution in [2.45, 2.75) is 25.3 Å². The Morgan fingerprint density at radius 1 is 1.29 bits per heavy atom. The third kappa shape index (κ3) is 3.85. The topological polar surface area (TPSA) is 116 Å². The average molecular weight is 319 g/mol. The lowest BCUT2D eigenvalue weighted by molar-refractivity contribution is -0.142. The largest absolute Gasteiger partial charge is 0.480 e. The molecular weight excluding hydrogens is 298 g/mol. The highest BCUT2D eigenvalue weighted by Crippen LogP contribution is 2.42. The van der Waals surface area contributed by atoms with Crippen molar-refractivity contribution in [3.63, 3.8) is 0 Å². The zero-order valence-corrected chi connectivity index (χ0v) is 12.7. The van der Waals surface area contributed by atoms with Crippen molar-refractivity contribution in [2.24, 2.45) is 11.8 Å². The van der Waals surface area contributed by atoms with Gasteiger partial charge in [-0.1, -0.05) is 6.42 Å². The summed E-state index contributed by atoms with van der Waals surface area (Å²) in [5.41, 5.74) is 0. The number of rotatable bonds is 5. The van der Waals surface area contributed by atoms with Gasteiger partial charge in [0.25, 0.3) is 0 Å². The van der Waals surface area contributed by atoms with Crippen molar-refractivity contribution >= 4 is 22.0 Å². The second-order valence-corrected chi connectivity index (χ2v) is 7.52. The van der Waals surface area contributed by atoms with Gasteiger partial charge in [-0.3, -0.25) is 0 Å². The van der Waals surface area contributed by atoms with Gasteiger partial charge in [0.15, 0.2) is 0 Å². The molecule has 3 unspecified atom stereocenters. The molecule has 1 heterocycles. The minimum absolute atomic E-state index is 0.0439. The quantitative estimate of drug-likeness (QED) is 0.587. The van der Waals surface area contributed by atoms with Crippen LogP contribution in [0.1, 0.15) is 19.3 Å². The second-order valence-electron chi connectivity index (χ2n) is 5.69. The first-order valence-electron chi connectivity index (χ1n) is 7.01. The highest BCUT2D eigenvalue weighted by Gasteiger charge is 2.49. The Balaban J connectivity index is 1.88. The molecule has 120 valence electrons. The monoisotopic (exact) mass is 319 g/mol. The molecule has 1 saturated carbocycles. The standard InChI is InChI=1S/C12H21N3O5S/c1-21(19,20)14-6-5-13-12(18)15-7-8-3-2-4-9(8)10(15)11(16)17/h8-10,14H,2-7H2,1H3,(H,13,18)(H,16,17). The molecule has 8 nitrogen and oxygen atoms in total. The fourth-order valence-electron chi connectivity index (χ4n) is 3.34. The Hall–Kier alpha value is -1.35. The Morgan fingerprint density at radius 3 is 2.62 bits per heavy atom. The van der Waals surface area contributed by atoms with Crippen LogP contribution >= 0.6 is 0 Å². The fraction of sp³-hybridized carbons (Fsp3) is 0.833. The van der Waals surface area contributed by atoms with E-state index in [1.54, 1.807) is 0 Å². The van der Waals surface area contributed by atoms with Crippen molar-refractivity contribution in [1.29, 1.82) is 0 Å². The number of hydrogen-bond acceptors (Lipinski definition) is 4. The number of aliphatic carboxylic acids is 1. The van der Waals surface area contributed by atoms with Gasteiger partial charge in [0.1, 0.15) is 6.04 Å². The molecule has 1 aliphatic carbocycles. The third-order valence-corrected chi connectivity index (χ3v) is 4.90. The number of carbonyl (C=O) groups is 2. The molecule has 0 radical (unpaired) electrons. The number of likely N-dealkylation sites (tertiary alicyclic amines) is 1. The predicted molar refractivity (Wildman–Crippen MR) is 75.2 cm³/mol. The zero-order chi connectivity index (χ0) is 15.6. The summed E-state index contributed by atoms with van der Waals surface area (Å²) in [5.74, 6) is -0.651. The SMILES string of the molecule is CS(=O)(=O)NCCNC(=O)N1CC2CCCC2C1C(=O)O. The summed E-state index contributed by atoms with van der Waals surface area (Å²) < 4.78 is 24.1. The van der Waals surface area contributed by atoms with E-state index in [1.807, 2.05) is 0 Å². The molecule has 3 atom stereocenters. The molecule has 2 aliphatic rings.